The Morgan fingerprint density at radius 1 is 0.283 bits per heavy atom. The standard InChI is InChI=1S/C49H34N4/c1-4-14-35(15-5-1)37-30-32-44(33-31-37)53(43-20-8-3-9-21-43)46-23-13-12-22-45(46)49-51-47(39-17-6-2-7-18-39)50-48(52-49)40-27-24-38(25-28-40)42-29-26-36-16-10-11-19-41(36)34-42/h1-34H. The van der Waals surface area contributed by atoms with Crippen molar-refractivity contribution in [1.29, 1.82) is 0 Å². The molecule has 0 saturated carbocycles. The van der Waals surface area contributed by atoms with Gasteiger partial charge in [-0.3, -0.25) is 0 Å². The second-order valence-corrected chi connectivity index (χ2v) is 12.9. The van der Waals surface area contributed by atoms with Crippen LogP contribution in [0.2, 0.25) is 0 Å². The molecule has 0 unspecified atom stereocenters. The number of aromatic nitrogens is 3. The van der Waals surface area contributed by atoms with Crippen LogP contribution in [0.25, 0.3) is 67.2 Å². The predicted molar refractivity (Wildman–Crippen MR) is 219 cm³/mol. The van der Waals surface area contributed by atoms with Crippen LogP contribution in [0.1, 0.15) is 0 Å². The minimum Gasteiger partial charge on any atom is -0.310 e. The van der Waals surface area contributed by atoms with E-state index in [4.69, 9.17) is 15.0 Å². The summed E-state index contributed by atoms with van der Waals surface area (Å²) in [6, 6.07) is 71.7. The largest absolute Gasteiger partial charge is 0.310 e. The summed E-state index contributed by atoms with van der Waals surface area (Å²) >= 11 is 0. The van der Waals surface area contributed by atoms with E-state index in [1.54, 1.807) is 0 Å². The summed E-state index contributed by atoms with van der Waals surface area (Å²) in [5.41, 5.74) is 10.4. The minimum absolute atomic E-state index is 0.602. The second kappa shape index (κ2) is 14.2. The van der Waals surface area contributed by atoms with Crippen molar-refractivity contribution in [1.82, 2.24) is 15.0 Å². The fraction of sp³-hybridized carbons (Fsp3) is 0. The number of rotatable bonds is 8. The molecule has 250 valence electrons. The summed E-state index contributed by atoms with van der Waals surface area (Å²) in [6.45, 7) is 0. The van der Waals surface area contributed by atoms with E-state index in [1.807, 2.05) is 48.5 Å². The van der Waals surface area contributed by atoms with E-state index in [9.17, 15) is 0 Å². The van der Waals surface area contributed by atoms with Crippen LogP contribution in [-0.2, 0) is 0 Å². The summed E-state index contributed by atoms with van der Waals surface area (Å²) in [5, 5.41) is 2.45. The molecule has 0 fully saturated rings. The first-order valence-corrected chi connectivity index (χ1v) is 17.8. The summed E-state index contributed by atoms with van der Waals surface area (Å²) in [5.74, 6) is 1.84. The third-order valence-electron chi connectivity index (χ3n) is 9.53. The molecule has 0 aliphatic rings. The summed E-state index contributed by atoms with van der Waals surface area (Å²) in [6.07, 6.45) is 0. The number of fused-ring (bicyclic) bond motifs is 1. The molecule has 1 aromatic heterocycles. The van der Waals surface area contributed by atoms with Crippen LogP contribution in [0.4, 0.5) is 17.1 Å². The zero-order valence-corrected chi connectivity index (χ0v) is 28.9. The Kier molecular flexibility index (Phi) is 8.53. The average Bonchev–Trinajstić information content (AvgIpc) is 3.25. The normalized spacial score (nSPS) is 11.0. The predicted octanol–water partition coefficient (Wildman–Crippen LogP) is 12.8. The second-order valence-electron chi connectivity index (χ2n) is 12.9. The summed E-state index contributed by atoms with van der Waals surface area (Å²) < 4.78 is 0. The van der Waals surface area contributed by atoms with Crippen molar-refractivity contribution in [2.24, 2.45) is 0 Å². The highest BCUT2D eigenvalue weighted by Gasteiger charge is 2.20. The van der Waals surface area contributed by atoms with Gasteiger partial charge in [-0.25, -0.2) is 15.0 Å². The lowest BCUT2D eigenvalue weighted by Gasteiger charge is -2.27. The number of hydrogen-bond acceptors (Lipinski definition) is 4. The van der Waals surface area contributed by atoms with Gasteiger partial charge in [0.05, 0.1) is 5.69 Å². The highest BCUT2D eigenvalue weighted by atomic mass is 15.2. The van der Waals surface area contributed by atoms with E-state index in [2.05, 4.69) is 163 Å². The molecule has 0 aliphatic heterocycles. The summed E-state index contributed by atoms with van der Waals surface area (Å²) in [7, 11) is 0. The molecule has 0 N–H and O–H groups in total. The number of para-hydroxylation sites is 2. The molecule has 0 aliphatic carbocycles. The van der Waals surface area contributed by atoms with Crippen molar-refractivity contribution in [3.05, 3.63) is 206 Å². The molecule has 4 nitrogen and oxygen atoms in total. The first kappa shape index (κ1) is 31.8. The van der Waals surface area contributed by atoms with Crippen LogP contribution in [0.15, 0.2) is 206 Å². The Balaban J connectivity index is 1.16. The van der Waals surface area contributed by atoms with Gasteiger partial charge in [0.2, 0.25) is 0 Å². The monoisotopic (exact) mass is 678 g/mol. The maximum absolute atomic E-state index is 5.18. The topological polar surface area (TPSA) is 41.9 Å². The van der Waals surface area contributed by atoms with Gasteiger partial charge in [-0.2, -0.15) is 0 Å². The van der Waals surface area contributed by atoms with Gasteiger partial charge < -0.3 is 4.90 Å². The first-order valence-electron chi connectivity index (χ1n) is 17.8. The van der Waals surface area contributed by atoms with Crippen LogP contribution in [0.3, 0.4) is 0 Å². The maximum atomic E-state index is 5.18. The quantitative estimate of drug-likeness (QED) is 0.160. The highest BCUT2D eigenvalue weighted by molar-refractivity contribution is 5.89. The van der Waals surface area contributed by atoms with E-state index in [0.717, 1.165) is 44.9 Å². The third kappa shape index (κ3) is 6.58. The van der Waals surface area contributed by atoms with Crippen LogP contribution in [0.5, 0.6) is 0 Å². The van der Waals surface area contributed by atoms with Crippen LogP contribution < -0.4 is 4.90 Å². The Labute approximate surface area is 309 Å². The summed E-state index contributed by atoms with van der Waals surface area (Å²) in [4.78, 5) is 17.6. The molecule has 0 spiro atoms. The smallest absolute Gasteiger partial charge is 0.166 e. The van der Waals surface area contributed by atoms with Crippen LogP contribution >= 0.6 is 0 Å². The molecule has 0 bridgehead atoms. The fourth-order valence-corrected chi connectivity index (χ4v) is 6.82. The van der Waals surface area contributed by atoms with E-state index < -0.39 is 0 Å². The van der Waals surface area contributed by atoms with Gasteiger partial charge in [0.15, 0.2) is 17.5 Å². The molecule has 9 rings (SSSR count). The van der Waals surface area contributed by atoms with E-state index >= 15 is 0 Å². The van der Waals surface area contributed by atoms with Gasteiger partial charge in [-0.05, 0) is 75.5 Å². The van der Waals surface area contributed by atoms with Gasteiger partial charge in [0.25, 0.3) is 0 Å². The Bertz CT molecular complexity index is 2640. The Hall–Kier alpha value is -7.17. The van der Waals surface area contributed by atoms with Crippen molar-refractivity contribution in [2.45, 2.75) is 0 Å². The molecule has 53 heavy (non-hydrogen) atoms. The zero-order chi connectivity index (χ0) is 35.4. The molecular formula is C49H34N4. The van der Waals surface area contributed by atoms with E-state index in [-0.39, 0.29) is 0 Å². The van der Waals surface area contributed by atoms with Crippen molar-refractivity contribution >= 4 is 27.8 Å². The lowest BCUT2D eigenvalue weighted by molar-refractivity contribution is 1.07. The lowest BCUT2D eigenvalue weighted by atomic mass is 10.00. The number of anilines is 3. The molecule has 4 heteroatoms. The first-order chi connectivity index (χ1) is 26.3. The van der Waals surface area contributed by atoms with E-state index in [1.165, 1.54) is 21.9 Å². The fourth-order valence-electron chi connectivity index (χ4n) is 6.82. The Morgan fingerprint density at radius 2 is 0.717 bits per heavy atom. The van der Waals surface area contributed by atoms with Crippen molar-refractivity contribution in [3.63, 3.8) is 0 Å². The van der Waals surface area contributed by atoms with Gasteiger partial charge in [0, 0.05) is 28.1 Å². The number of hydrogen-bond donors (Lipinski definition) is 0. The molecule has 0 saturated heterocycles. The molecular weight excluding hydrogens is 645 g/mol. The highest BCUT2D eigenvalue weighted by Crippen LogP contribution is 2.41. The van der Waals surface area contributed by atoms with Gasteiger partial charge in [-0.1, -0.05) is 164 Å². The molecule has 0 amide bonds. The van der Waals surface area contributed by atoms with Crippen LogP contribution in [-0.4, -0.2) is 15.0 Å². The van der Waals surface area contributed by atoms with Gasteiger partial charge >= 0.3 is 0 Å². The molecule has 9 aromatic rings. The van der Waals surface area contributed by atoms with Crippen LogP contribution in [0, 0.1) is 0 Å². The van der Waals surface area contributed by atoms with Gasteiger partial charge in [-0.15, -0.1) is 0 Å². The molecule has 0 radical (unpaired) electrons. The van der Waals surface area contributed by atoms with Gasteiger partial charge in [0.1, 0.15) is 0 Å². The lowest BCUT2D eigenvalue weighted by Crippen LogP contribution is -2.12. The third-order valence-corrected chi connectivity index (χ3v) is 9.53. The number of nitrogens with zero attached hydrogens (tertiary/aromatic N) is 4. The van der Waals surface area contributed by atoms with Crippen molar-refractivity contribution < 1.29 is 0 Å². The molecule has 1 heterocycles. The maximum Gasteiger partial charge on any atom is 0.166 e. The van der Waals surface area contributed by atoms with Crippen molar-refractivity contribution in [3.8, 4) is 56.4 Å². The minimum atomic E-state index is 0.602. The number of benzene rings is 8. The molecule has 0 atom stereocenters. The zero-order valence-electron chi connectivity index (χ0n) is 28.9. The van der Waals surface area contributed by atoms with E-state index in [0.29, 0.717) is 17.5 Å². The van der Waals surface area contributed by atoms with Crippen molar-refractivity contribution in [2.75, 3.05) is 4.90 Å². The SMILES string of the molecule is c1ccc(-c2ccc(N(c3ccccc3)c3ccccc3-c3nc(-c4ccccc4)nc(-c4ccc(-c5ccc6ccccc6c5)cc4)n3)cc2)cc1. The molecule has 8 aromatic carbocycles. The Morgan fingerprint density at radius 3 is 1.42 bits per heavy atom. The average molecular weight is 679 g/mol.